The van der Waals surface area contributed by atoms with Crippen molar-refractivity contribution in [1.29, 1.82) is 0 Å². The van der Waals surface area contributed by atoms with Gasteiger partial charge in [0, 0.05) is 19.0 Å². The summed E-state index contributed by atoms with van der Waals surface area (Å²) in [5.41, 5.74) is 6.40. The van der Waals surface area contributed by atoms with E-state index in [9.17, 15) is 4.79 Å². The first-order chi connectivity index (χ1) is 9.12. The third kappa shape index (κ3) is 5.27. The largest absolute Gasteiger partial charge is 0.493 e. The van der Waals surface area contributed by atoms with Gasteiger partial charge in [-0.05, 0) is 24.6 Å². The maximum absolute atomic E-state index is 11.6. The number of methoxy groups -OCH3 is 1. The number of ether oxygens (including phenoxy) is 2. The SMILES string of the molecule is CCOc1ccc(CNC(=O)C(C)CN)cc1OC.Cl. The van der Waals surface area contributed by atoms with Crippen LogP contribution in [0.4, 0.5) is 0 Å². The van der Waals surface area contributed by atoms with Gasteiger partial charge < -0.3 is 20.5 Å². The number of rotatable bonds is 7. The number of nitrogens with two attached hydrogens (primary N) is 1. The van der Waals surface area contributed by atoms with Crippen LogP contribution in [0.3, 0.4) is 0 Å². The Morgan fingerprint density at radius 1 is 1.40 bits per heavy atom. The fraction of sp³-hybridized carbons (Fsp3) is 0.500. The third-order valence-electron chi connectivity index (χ3n) is 2.80. The molecule has 0 saturated heterocycles. The molecule has 0 saturated carbocycles. The van der Waals surface area contributed by atoms with E-state index in [1.807, 2.05) is 25.1 Å². The number of carbonyl (C=O) groups is 1. The molecule has 0 aliphatic carbocycles. The Morgan fingerprint density at radius 3 is 2.65 bits per heavy atom. The molecule has 1 rings (SSSR count). The van der Waals surface area contributed by atoms with E-state index in [1.54, 1.807) is 14.0 Å². The van der Waals surface area contributed by atoms with Crippen molar-refractivity contribution in [1.82, 2.24) is 5.32 Å². The summed E-state index contributed by atoms with van der Waals surface area (Å²) < 4.78 is 10.7. The fourth-order valence-corrected chi connectivity index (χ4v) is 1.57. The zero-order chi connectivity index (χ0) is 14.3. The standard InChI is InChI=1S/C14H22N2O3.ClH/c1-4-19-12-6-5-11(7-13(12)18-3)9-16-14(17)10(2)8-15;/h5-7,10H,4,8-9,15H2,1-3H3,(H,16,17);1H. The van der Waals surface area contributed by atoms with E-state index in [0.29, 0.717) is 31.2 Å². The first-order valence-electron chi connectivity index (χ1n) is 6.39. The van der Waals surface area contributed by atoms with Gasteiger partial charge in [-0.25, -0.2) is 0 Å². The molecule has 1 aromatic rings. The molecule has 20 heavy (non-hydrogen) atoms. The summed E-state index contributed by atoms with van der Waals surface area (Å²) >= 11 is 0. The highest BCUT2D eigenvalue weighted by molar-refractivity contribution is 5.85. The lowest BCUT2D eigenvalue weighted by Gasteiger charge is -2.13. The molecule has 0 aliphatic heterocycles. The van der Waals surface area contributed by atoms with E-state index in [0.717, 1.165) is 5.56 Å². The lowest BCUT2D eigenvalue weighted by atomic mass is 10.1. The molecule has 0 radical (unpaired) electrons. The minimum atomic E-state index is -0.176. The minimum absolute atomic E-state index is 0. The van der Waals surface area contributed by atoms with Gasteiger partial charge in [0.1, 0.15) is 0 Å². The van der Waals surface area contributed by atoms with Gasteiger partial charge in [-0.2, -0.15) is 0 Å². The Morgan fingerprint density at radius 2 is 2.10 bits per heavy atom. The third-order valence-corrected chi connectivity index (χ3v) is 2.80. The molecule has 0 spiro atoms. The van der Waals surface area contributed by atoms with Crippen LogP contribution in [-0.2, 0) is 11.3 Å². The molecule has 3 N–H and O–H groups in total. The van der Waals surface area contributed by atoms with E-state index in [4.69, 9.17) is 15.2 Å². The number of hydrogen-bond donors (Lipinski definition) is 2. The Balaban J connectivity index is 0.00000361. The number of amides is 1. The van der Waals surface area contributed by atoms with Gasteiger partial charge in [-0.3, -0.25) is 4.79 Å². The van der Waals surface area contributed by atoms with Crippen LogP contribution in [0, 0.1) is 5.92 Å². The van der Waals surface area contributed by atoms with E-state index < -0.39 is 0 Å². The van der Waals surface area contributed by atoms with Crippen molar-refractivity contribution in [3.63, 3.8) is 0 Å². The van der Waals surface area contributed by atoms with Crippen LogP contribution in [-0.4, -0.2) is 26.2 Å². The number of benzene rings is 1. The van der Waals surface area contributed by atoms with Crippen molar-refractivity contribution in [2.75, 3.05) is 20.3 Å². The summed E-state index contributed by atoms with van der Waals surface area (Å²) in [6, 6.07) is 5.61. The molecular weight excluding hydrogens is 280 g/mol. The Kier molecular flexibility index (Phi) is 8.76. The van der Waals surface area contributed by atoms with Crippen molar-refractivity contribution in [3.8, 4) is 11.5 Å². The van der Waals surface area contributed by atoms with Gasteiger partial charge in [-0.1, -0.05) is 13.0 Å². The van der Waals surface area contributed by atoms with E-state index in [2.05, 4.69) is 5.32 Å². The van der Waals surface area contributed by atoms with E-state index in [-0.39, 0.29) is 24.2 Å². The monoisotopic (exact) mass is 302 g/mol. The number of halogens is 1. The molecule has 6 heteroatoms. The quantitative estimate of drug-likeness (QED) is 0.804. The van der Waals surface area contributed by atoms with Crippen LogP contribution in [0.5, 0.6) is 11.5 Å². The highest BCUT2D eigenvalue weighted by Crippen LogP contribution is 2.27. The molecule has 1 unspecified atom stereocenters. The lowest BCUT2D eigenvalue weighted by molar-refractivity contribution is -0.124. The fourth-order valence-electron chi connectivity index (χ4n) is 1.57. The van der Waals surface area contributed by atoms with Gasteiger partial charge in [-0.15, -0.1) is 12.4 Å². The summed E-state index contributed by atoms with van der Waals surface area (Å²) in [6.07, 6.45) is 0. The number of nitrogens with one attached hydrogen (secondary N) is 1. The van der Waals surface area contributed by atoms with Crippen molar-refractivity contribution < 1.29 is 14.3 Å². The number of hydrogen-bond acceptors (Lipinski definition) is 4. The molecular formula is C14H23ClN2O3. The van der Waals surface area contributed by atoms with Crippen molar-refractivity contribution in [2.45, 2.75) is 20.4 Å². The zero-order valence-corrected chi connectivity index (χ0v) is 13.0. The Hall–Kier alpha value is -1.46. The van der Waals surface area contributed by atoms with Crippen LogP contribution in [0.15, 0.2) is 18.2 Å². The second-order valence-electron chi connectivity index (χ2n) is 4.27. The normalized spacial score (nSPS) is 11.2. The topological polar surface area (TPSA) is 73.6 Å². The summed E-state index contributed by atoms with van der Waals surface area (Å²) in [7, 11) is 1.59. The highest BCUT2D eigenvalue weighted by atomic mass is 35.5. The average Bonchev–Trinajstić information content (AvgIpc) is 2.45. The van der Waals surface area contributed by atoms with Crippen molar-refractivity contribution in [2.24, 2.45) is 11.7 Å². The smallest absolute Gasteiger partial charge is 0.224 e. The molecule has 0 aliphatic rings. The van der Waals surface area contributed by atoms with Crippen LogP contribution in [0.25, 0.3) is 0 Å². The summed E-state index contributed by atoms with van der Waals surface area (Å²) in [5, 5.41) is 2.84. The van der Waals surface area contributed by atoms with Gasteiger partial charge >= 0.3 is 0 Å². The van der Waals surface area contributed by atoms with Crippen LogP contribution < -0.4 is 20.5 Å². The van der Waals surface area contributed by atoms with Gasteiger partial charge in [0.15, 0.2) is 11.5 Å². The molecule has 1 amide bonds. The second-order valence-corrected chi connectivity index (χ2v) is 4.27. The molecule has 1 aromatic carbocycles. The molecule has 0 fully saturated rings. The van der Waals surface area contributed by atoms with Crippen molar-refractivity contribution >= 4 is 18.3 Å². The van der Waals surface area contributed by atoms with Gasteiger partial charge in [0.2, 0.25) is 5.91 Å². The first-order valence-corrected chi connectivity index (χ1v) is 6.39. The molecule has 114 valence electrons. The molecule has 5 nitrogen and oxygen atoms in total. The van der Waals surface area contributed by atoms with Crippen LogP contribution in [0.2, 0.25) is 0 Å². The molecule has 0 aromatic heterocycles. The Labute approximate surface area is 126 Å². The summed E-state index contributed by atoms with van der Waals surface area (Å²) in [6.45, 7) is 5.10. The van der Waals surface area contributed by atoms with Crippen LogP contribution >= 0.6 is 12.4 Å². The minimum Gasteiger partial charge on any atom is -0.493 e. The van der Waals surface area contributed by atoms with E-state index >= 15 is 0 Å². The van der Waals surface area contributed by atoms with Crippen molar-refractivity contribution in [3.05, 3.63) is 23.8 Å². The van der Waals surface area contributed by atoms with E-state index in [1.165, 1.54) is 0 Å². The maximum atomic E-state index is 11.6. The zero-order valence-electron chi connectivity index (χ0n) is 12.1. The first kappa shape index (κ1) is 18.5. The van der Waals surface area contributed by atoms with Crippen LogP contribution in [0.1, 0.15) is 19.4 Å². The lowest BCUT2D eigenvalue weighted by Crippen LogP contribution is -2.32. The maximum Gasteiger partial charge on any atom is 0.224 e. The summed E-state index contributed by atoms with van der Waals surface area (Å²) in [4.78, 5) is 11.6. The van der Waals surface area contributed by atoms with Gasteiger partial charge in [0.05, 0.1) is 13.7 Å². The molecule has 0 heterocycles. The predicted octanol–water partition coefficient (Wildman–Crippen LogP) is 1.73. The second kappa shape index (κ2) is 9.44. The predicted molar refractivity (Wildman–Crippen MR) is 81.5 cm³/mol. The van der Waals surface area contributed by atoms with Gasteiger partial charge in [0.25, 0.3) is 0 Å². The highest BCUT2D eigenvalue weighted by Gasteiger charge is 2.11. The summed E-state index contributed by atoms with van der Waals surface area (Å²) in [5.74, 6) is 1.15. The molecule has 1 atom stereocenters. The Bertz CT molecular complexity index is 427. The average molecular weight is 303 g/mol. The number of carbonyl (C=O) groups excluding carboxylic acids is 1. The molecule has 0 bridgehead atoms.